The maximum absolute atomic E-state index is 9.24. The van der Waals surface area contributed by atoms with Crippen molar-refractivity contribution in [2.75, 3.05) is 6.61 Å². The van der Waals surface area contributed by atoms with Gasteiger partial charge in [0.25, 0.3) is 0 Å². The Morgan fingerprint density at radius 1 is 0.773 bits per heavy atom. The first-order chi connectivity index (χ1) is 8.17. The Labute approximate surface area is 218 Å². The molecule has 0 heterocycles. The Hall–Kier alpha value is 3.86. The van der Waals surface area contributed by atoms with Crippen molar-refractivity contribution in [2.24, 2.45) is 0 Å². The molecule has 22 heavy (non-hydrogen) atoms. The van der Waals surface area contributed by atoms with E-state index in [-0.39, 0.29) is 125 Å². The Bertz CT molecular complexity index is 266. The quantitative estimate of drug-likeness (QED) is 0.245. The summed E-state index contributed by atoms with van der Waals surface area (Å²) in [6, 6.07) is 0. The van der Waals surface area contributed by atoms with Gasteiger partial charge in [-0.15, -0.1) is 6.58 Å². The molecule has 0 aliphatic carbocycles. The summed E-state index contributed by atoms with van der Waals surface area (Å²) in [5.74, 6) is 0. The molecule has 0 aromatic rings. The minimum atomic E-state index is -3.24. The van der Waals surface area contributed by atoms with E-state index in [9.17, 15) is 37.8 Å². The van der Waals surface area contributed by atoms with Crippen LogP contribution in [0.4, 0.5) is 0 Å². The zero-order chi connectivity index (χ0) is 15.1. The third-order valence-corrected chi connectivity index (χ3v) is 2.53. The maximum atomic E-state index is 9.24. The summed E-state index contributed by atoms with van der Waals surface area (Å²) in [7, 11) is -12.9. The molecule has 4 atom stereocenters. The first-order valence-corrected chi connectivity index (χ1v) is 7.71. The van der Waals surface area contributed by atoms with Crippen molar-refractivity contribution in [2.45, 2.75) is 0 Å². The Morgan fingerprint density at radius 2 is 0.909 bits per heavy atom. The Balaban J connectivity index is -0.0000000290. The second kappa shape index (κ2) is 35.9. The SMILES string of the molecule is C=CCO.O=[P+]([O-])O[P+](=O)[O-].O=[P+]([O-])O[P+](=O)[O-].[Na+].[Na+].[Na+].[Na+]. The van der Waals surface area contributed by atoms with E-state index in [1.165, 1.54) is 6.08 Å². The van der Waals surface area contributed by atoms with Crippen LogP contribution in [0.2, 0.25) is 0 Å². The van der Waals surface area contributed by atoms with Gasteiger partial charge in [0.1, 0.15) is 8.62 Å². The summed E-state index contributed by atoms with van der Waals surface area (Å²) in [4.78, 5) is 37.0. The van der Waals surface area contributed by atoms with Crippen molar-refractivity contribution < 1.29 is 170 Å². The molecule has 0 bridgehead atoms. The standard InChI is InChI=1S/C3H6O.4Na.2O5P2/c1-2-3-4;;;;;2*1-6(2)5-7(3)4/h2,4H,1,3H2;;;;;;/q;4*+1;;. The van der Waals surface area contributed by atoms with E-state index in [1.54, 1.807) is 0 Å². The van der Waals surface area contributed by atoms with Crippen LogP contribution < -0.4 is 138 Å². The molecule has 4 unspecified atom stereocenters. The third kappa shape index (κ3) is 75.4. The average Bonchev–Trinajstić information content (AvgIpc) is 2.14. The Morgan fingerprint density at radius 3 is 0.909 bits per heavy atom. The molecule has 104 valence electrons. The molecule has 0 spiro atoms. The van der Waals surface area contributed by atoms with Gasteiger partial charge in [0.15, 0.2) is 0 Å². The fraction of sp³-hybridized carbons (Fsp3) is 0.333. The van der Waals surface area contributed by atoms with Crippen LogP contribution in [0.1, 0.15) is 0 Å². The molecule has 0 radical (unpaired) electrons. The maximum Gasteiger partial charge on any atom is 1.00 e. The zero-order valence-corrected chi connectivity index (χ0v) is 23.9. The topological polar surface area (TPSA) is 199 Å². The van der Waals surface area contributed by atoms with Crippen LogP contribution in [0, 0.1) is 0 Å². The molecule has 19 heteroatoms. The van der Waals surface area contributed by atoms with E-state index in [4.69, 9.17) is 5.11 Å². The van der Waals surface area contributed by atoms with Gasteiger partial charge in [-0.2, -0.15) is 0 Å². The minimum absolute atomic E-state index is 0. The molecule has 11 nitrogen and oxygen atoms in total. The molecular formula is C3H6Na4O11P4+4. The van der Waals surface area contributed by atoms with Crippen molar-refractivity contribution >= 4 is 33.0 Å². The predicted molar refractivity (Wildman–Crippen MR) is 49.9 cm³/mol. The predicted octanol–water partition coefficient (Wildman–Crippen LogP) is -13.7. The largest absolute Gasteiger partial charge is 1.00 e. The summed E-state index contributed by atoms with van der Waals surface area (Å²) in [6.07, 6.45) is 1.43. The summed E-state index contributed by atoms with van der Waals surface area (Å²) in [6.45, 7) is 3.31. The van der Waals surface area contributed by atoms with Crippen LogP contribution >= 0.6 is 33.0 Å². The molecule has 0 saturated heterocycles. The van der Waals surface area contributed by atoms with Gasteiger partial charge in [-0.05, 0) is 18.3 Å². The molecular weight excluding hydrogens is 428 g/mol. The number of rotatable bonds is 5. The summed E-state index contributed by atoms with van der Waals surface area (Å²) in [5, 5.41) is 7.76. The van der Waals surface area contributed by atoms with Gasteiger partial charge in [0, 0.05) is 0 Å². The minimum Gasteiger partial charge on any atom is -0.563 e. The summed E-state index contributed by atoms with van der Waals surface area (Å²) >= 11 is 0. The number of hydrogen-bond acceptors (Lipinski definition) is 11. The normalized spacial score (nSPS) is 9.68. The molecule has 0 aliphatic heterocycles. The molecule has 0 amide bonds. The molecule has 0 rings (SSSR count). The van der Waals surface area contributed by atoms with Crippen LogP contribution in [-0.4, -0.2) is 11.7 Å². The van der Waals surface area contributed by atoms with Crippen LogP contribution in [0.5, 0.6) is 0 Å². The van der Waals surface area contributed by atoms with Crippen molar-refractivity contribution in [3.05, 3.63) is 12.7 Å². The van der Waals surface area contributed by atoms with Gasteiger partial charge in [0.05, 0.1) is 6.61 Å². The third-order valence-electron chi connectivity index (χ3n) is 0.396. The van der Waals surface area contributed by atoms with Crippen molar-refractivity contribution in [3.63, 3.8) is 0 Å². The second-order valence-corrected chi connectivity index (χ2v) is 4.62. The molecule has 0 aromatic heterocycles. The van der Waals surface area contributed by atoms with Gasteiger partial charge in [-0.25, -0.2) is 0 Å². The van der Waals surface area contributed by atoms with Crippen LogP contribution in [-0.2, 0) is 26.9 Å². The van der Waals surface area contributed by atoms with Crippen molar-refractivity contribution in [3.8, 4) is 0 Å². The van der Waals surface area contributed by atoms with Crippen molar-refractivity contribution in [1.82, 2.24) is 0 Å². The average molecular weight is 434 g/mol. The monoisotopic (exact) mass is 434 g/mol. The van der Waals surface area contributed by atoms with Crippen LogP contribution in [0.15, 0.2) is 12.7 Å². The van der Waals surface area contributed by atoms with E-state index in [0.717, 1.165) is 0 Å². The van der Waals surface area contributed by atoms with Crippen LogP contribution in [0.3, 0.4) is 0 Å². The van der Waals surface area contributed by atoms with E-state index in [2.05, 4.69) is 15.2 Å². The molecule has 0 aliphatic rings. The molecule has 0 fully saturated rings. The summed E-state index contributed by atoms with van der Waals surface area (Å²) in [5.41, 5.74) is 0. The second-order valence-electron chi connectivity index (χ2n) is 1.53. The van der Waals surface area contributed by atoms with E-state index < -0.39 is 33.0 Å². The summed E-state index contributed by atoms with van der Waals surface area (Å²) < 4.78 is 43.3. The van der Waals surface area contributed by atoms with E-state index in [0.29, 0.717) is 0 Å². The molecule has 0 aromatic carbocycles. The van der Waals surface area contributed by atoms with Gasteiger partial charge in [0.2, 0.25) is 0 Å². The molecule has 1 N–H and O–H groups in total. The van der Waals surface area contributed by atoms with E-state index >= 15 is 0 Å². The number of hydrogen-bond donors (Lipinski definition) is 1. The van der Waals surface area contributed by atoms with Crippen LogP contribution in [0.25, 0.3) is 0 Å². The fourth-order valence-electron chi connectivity index (χ4n) is 0.109. The first kappa shape index (κ1) is 44.9. The first-order valence-electron chi connectivity index (χ1n) is 3.32. The molecule has 0 saturated carbocycles. The van der Waals surface area contributed by atoms with Gasteiger partial charge >= 0.3 is 151 Å². The van der Waals surface area contributed by atoms with Crippen molar-refractivity contribution in [1.29, 1.82) is 0 Å². The Kier molecular flexibility index (Phi) is 73.3. The number of aliphatic hydroxyl groups is 1. The van der Waals surface area contributed by atoms with Gasteiger partial charge < -0.3 is 24.7 Å². The number of aliphatic hydroxyl groups excluding tert-OH is 1. The smallest absolute Gasteiger partial charge is 0.563 e. The van der Waals surface area contributed by atoms with E-state index in [1.807, 2.05) is 0 Å². The van der Waals surface area contributed by atoms with Gasteiger partial charge in [-0.3, -0.25) is 0 Å². The fourth-order valence-corrected chi connectivity index (χ4v) is 0.980. The zero-order valence-electron chi connectivity index (χ0n) is 12.3. The van der Waals surface area contributed by atoms with Gasteiger partial charge in [-0.1, -0.05) is 6.08 Å².